The predicted octanol–water partition coefficient (Wildman–Crippen LogP) is 5.22. The molecule has 5 heterocycles. The van der Waals surface area contributed by atoms with Gasteiger partial charge in [0.05, 0.1) is 17.0 Å². The van der Waals surface area contributed by atoms with Gasteiger partial charge in [-0.3, -0.25) is 18.9 Å². The Labute approximate surface area is 239 Å². The summed E-state index contributed by atoms with van der Waals surface area (Å²) < 4.78 is 12.9. The Morgan fingerprint density at radius 2 is 1.93 bits per heavy atom. The molecule has 2 aromatic carbocycles. The monoisotopic (exact) mass is 568 g/mol. The Kier molecular flexibility index (Phi) is 6.09. The topological polar surface area (TPSA) is 76.4 Å². The normalized spacial score (nSPS) is 17.3. The van der Waals surface area contributed by atoms with E-state index in [-0.39, 0.29) is 18.3 Å². The lowest BCUT2D eigenvalue weighted by atomic mass is 10.0. The van der Waals surface area contributed by atoms with Crippen LogP contribution in [0.4, 0.5) is 11.5 Å². The van der Waals surface area contributed by atoms with Gasteiger partial charge in [-0.05, 0) is 66.8 Å². The molecule has 10 heteroatoms. The summed E-state index contributed by atoms with van der Waals surface area (Å²) in [6.45, 7) is 3.12. The van der Waals surface area contributed by atoms with Crippen LogP contribution >= 0.6 is 24.0 Å². The molecule has 2 aromatic heterocycles. The van der Waals surface area contributed by atoms with Gasteiger partial charge in [-0.15, -0.1) is 0 Å². The van der Waals surface area contributed by atoms with E-state index in [0.717, 1.165) is 36.2 Å². The molecule has 0 atom stereocenters. The van der Waals surface area contributed by atoms with Crippen molar-refractivity contribution < 1.29 is 14.3 Å². The first-order valence-electron chi connectivity index (χ1n) is 13.0. The number of fused-ring (bicyclic) bond motifs is 3. The van der Waals surface area contributed by atoms with Crippen LogP contribution in [-0.2, 0) is 17.8 Å². The molecule has 7 rings (SSSR count). The van der Waals surface area contributed by atoms with Crippen molar-refractivity contribution in [3.63, 3.8) is 0 Å². The zero-order valence-corrected chi connectivity index (χ0v) is 23.3. The highest BCUT2D eigenvalue weighted by atomic mass is 32.2. The Balaban J connectivity index is 1.31. The lowest BCUT2D eigenvalue weighted by Crippen LogP contribution is -2.30. The van der Waals surface area contributed by atoms with Crippen molar-refractivity contribution in [1.82, 2.24) is 14.3 Å². The second-order valence-electron chi connectivity index (χ2n) is 9.93. The van der Waals surface area contributed by atoms with Crippen LogP contribution in [0.25, 0.3) is 11.7 Å². The van der Waals surface area contributed by atoms with Crippen LogP contribution in [-0.4, -0.2) is 37.8 Å². The van der Waals surface area contributed by atoms with Crippen molar-refractivity contribution in [2.45, 2.75) is 26.3 Å². The molecular weight excluding hydrogens is 544 g/mol. The number of hydrogen-bond donors (Lipinski definition) is 0. The highest BCUT2D eigenvalue weighted by molar-refractivity contribution is 8.26. The van der Waals surface area contributed by atoms with E-state index < -0.39 is 0 Å². The van der Waals surface area contributed by atoms with E-state index in [4.69, 9.17) is 26.7 Å². The van der Waals surface area contributed by atoms with Crippen LogP contribution in [0.3, 0.4) is 0 Å². The van der Waals surface area contributed by atoms with Gasteiger partial charge in [0.1, 0.15) is 15.8 Å². The fourth-order valence-electron chi connectivity index (χ4n) is 5.32. The summed E-state index contributed by atoms with van der Waals surface area (Å²) >= 11 is 6.81. The Hall–Kier alpha value is -4.15. The van der Waals surface area contributed by atoms with Crippen molar-refractivity contribution in [1.29, 1.82) is 0 Å². The molecule has 0 aliphatic carbocycles. The zero-order chi connectivity index (χ0) is 27.4. The van der Waals surface area contributed by atoms with Gasteiger partial charge < -0.3 is 14.4 Å². The van der Waals surface area contributed by atoms with E-state index in [1.165, 1.54) is 17.3 Å². The molecule has 1 fully saturated rings. The molecule has 1 amide bonds. The number of thiocarbonyl (C=S) groups is 1. The molecule has 8 nitrogen and oxygen atoms in total. The average Bonchev–Trinajstić information content (AvgIpc) is 3.54. The van der Waals surface area contributed by atoms with Crippen molar-refractivity contribution >= 4 is 57.4 Å². The molecule has 0 bridgehead atoms. The number of thioether (sulfide) groups is 1. The molecule has 3 aliphatic heterocycles. The van der Waals surface area contributed by atoms with E-state index in [1.54, 1.807) is 21.6 Å². The van der Waals surface area contributed by atoms with Crippen LogP contribution in [0.5, 0.6) is 11.5 Å². The summed E-state index contributed by atoms with van der Waals surface area (Å²) in [5.41, 5.74) is 4.74. The van der Waals surface area contributed by atoms with E-state index >= 15 is 0 Å². The number of anilines is 2. The van der Waals surface area contributed by atoms with Gasteiger partial charge in [0.15, 0.2) is 11.5 Å². The minimum Gasteiger partial charge on any atom is -0.454 e. The fraction of sp³-hybridized carbons (Fsp3) is 0.200. The number of aryl methyl sites for hydroxylation is 2. The minimum absolute atomic E-state index is 0.182. The molecule has 40 heavy (non-hydrogen) atoms. The summed E-state index contributed by atoms with van der Waals surface area (Å²) in [4.78, 5) is 36.6. The number of benzene rings is 2. The molecule has 200 valence electrons. The molecular formula is C30H24N4O4S2. The Morgan fingerprint density at radius 3 is 2.83 bits per heavy atom. The number of pyridine rings is 1. The lowest BCUT2D eigenvalue weighted by molar-refractivity contribution is -0.122. The smallest absolute Gasteiger partial charge is 0.267 e. The van der Waals surface area contributed by atoms with Crippen LogP contribution in [0.2, 0.25) is 0 Å². The van der Waals surface area contributed by atoms with E-state index in [9.17, 15) is 9.59 Å². The van der Waals surface area contributed by atoms with Crippen molar-refractivity contribution in [3.05, 3.63) is 98.3 Å². The molecule has 4 aromatic rings. The number of hydrogen-bond acceptors (Lipinski definition) is 8. The standard InChI is InChI=1S/C30H24N4O4S2/c1-18-8-11-26-31-27(32-12-4-6-20-5-2-3-7-22(20)32)21(28(35)33(26)15-18)14-25-29(36)34(30(39)40-25)16-19-9-10-23-24(13-19)38-17-37-23/h2-3,5,7-11,13-15H,4,6,12,16-17H2,1H3/b25-14+. The first-order valence-corrected chi connectivity index (χ1v) is 14.2. The molecule has 0 unspecified atom stereocenters. The van der Waals surface area contributed by atoms with Gasteiger partial charge in [0.25, 0.3) is 11.5 Å². The summed E-state index contributed by atoms with van der Waals surface area (Å²) in [6.07, 6.45) is 5.34. The third kappa shape index (κ3) is 4.24. The molecule has 0 saturated carbocycles. The van der Waals surface area contributed by atoms with Gasteiger partial charge in [-0.1, -0.05) is 54.3 Å². The molecule has 3 aliphatic rings. The quantitative estimate of drug-likeness (QED) is 0.245. The van der Waals surface area contributed by atoms with Gasteiger partial charge >= 0.3 is 0 Å². The van der Waals surface area contributed by atoms with E-state index in [0.29, 0.717) is 44.3 Å². The Bertz CT molecular complexity index is 1820. The Morgan fingerprint density at radius 1 is 1.07 bits per heavy atom. The summed E-state index contributed by atoms with van der Waals surface area (Å²) in [7, 11) is 0. The lowest BCUT2D eigenvalue weighted by Gasteiger charge is -2.31. The number of aromatic nitrogens is 2. The molecule has 0 spiro atoms. The van der Waals surface area contributed by atoms with E-state index in [2.05, 4.69) is 17.0 Å². The first kappa shape index (κ1) is 24.9. The second kappa shape index (κ2) is 9.79. The molecule has 1 saturated heterocycles. The summed E-state index contributed by atoms with van der Waals surface area (Å²) in [5.74, 6) is 1.63. The number of carbonyl (C=O) groups is 1. The maximum atomic E-state index is 14.0. The maximum absolute atomic E-state index is 14.0. The van der Waals surface area contributed by atoms with Crippen molar-refractivity contribution in [2.24, 2.45) is 0 Å². The van der Waals surface area contributed by atoms with Crippen molar-refractivity contribution in [3.8, 4) is 11.5 Å². The summed E-state index contributed by atoms with van der Waals surface area (Å²) in [5, 5.41) is 0. The molecule has 0 N–H and O–H groups in total. The number of carbonyl (C=O) groups excluding carboxylic acids is 1. The van der Waals surface area contributed by atoms with E-state index in [1.807, 2.05) is 49.4 Å². The first-order chi connectivity index (χ1) is 19.5. The van der Waals surface area contributed by atoms with Gasteiger partial charge in [-0.2, -0.15) is 0 Å². The van der Waals surface area contributed by atoms with Gasteiger partial charge in [-0.25, -0.2) is 4.98 Å². The number of amides is 1. The minimum atomic E-state index is -0.244. The van der Waals surface area contributed by atoms with Crippen LogP contribution in [0.1, 0.15) is 28.7 Å². The SMILES string of the molecule is Cc1ccc2nc(N3CCCc4ccccc43)c(/C=C3/SC(=S)N(Cc4ccc5c(c4)OCO5)C3=O)c(=O)n2c1. The third-order valence-electron chi connectivity index (χ3n) is 7.28. The number of nitrogens with zero attached hydrogens (tertiary/aromatic N) is 4. The number of ether oxygens (including phenoxy) is 2. The zero-order valence-electron chi connectivity index (χ0n) is 21.6. The van der Waals surface area contributed by atoms with Crippen LogP contribution < -0.4 is 19.9 Å². The largest absolute Gasteiger partial charge is 0.454 e. The predicted molar refractivity (Wildman–Crippen MR) is 159 cm³/mol. The maximum Gasteiger partial charge on any atom is 0.267 e. The van der Waals surface area contributed by atoms with Crippen LogP contribution in [0.15, 0.2) is 70.5 Å². The third-order valence-corrected chi connectivity index (χ3v) is 8.66. The summed E-state index contributed by atoms with van der Waals surface area (Å²) in [6, 6.07) is 17.6. The van der Waals surface area contributed by atoms with Gasteiger partial charge in [0.2, 0.25) is 6.79 Å². The van der Waals surface area contributed by atoms with Gasteiger partial charge in [0, 0.05) is 18.4 Å². The number of para-hydroxylation sites is 1. The van der Waals surface area contributed by atoms with Crippen LogP contribution in [0, 0.1) is 6.92 Å². The second-order valence-corrected chi connectivity index (χ2v) is 11.6. The highest BCUT2D eigenvalue weighted by Crippen LogP contribution is 2.38. The molecule has 0 radical (unpaired) electrons. The number of rotatable bonds is 4. The average molecular weight is 569 g/mol. The fourth-order valence-corrected chi connectivity index (χ4v) is 6.56. The highest BCUT2D eigenvalue weighted by Gasteiger charge is 2.34. The van der Waals surface area contributed by atoms with Crippen molar-refractivity contribution in [2.75, 3.05) is 18.2 Å².